The molecular formula is C23H27F2N7OS. The normalized spacial score (nSPS) is 22.0. The van der Waals surface area contributed by atoms with Crippen LogP contribution in [0.5, 0.6) is 0 Å². The Morgan fingerprint density at radius 3 is 2.76 bits per heavy atom. The molecule has 6 rings (SSSR count). The van der Waals surface area contributed by atoms with Crippen molar-refractivity contribution in [3.8, 4) is 5.69 Å². The van der Waals surface area contributed by atoms with Crippen molar-refractivity contribution in [3.05, 3.63) is 36.0 Å². The maximum Gasteiger partial charge on any atom is 0.263 e. The van der Waals surface area contributed by atoms with Gasteiger partial charge in [0.05, 0.1) is 30.5 Å². The van der Waals surface area contributed by atoms with Gasteiger partial charge in [0.2, 0.25) is 5.95 Å². The molecule has 0 aliphatic carbocycles. The summed E-state index contributed by atoms with van der Waals surface area (Å²) in [5.74, 6) is 3.56. The summed E-state index contributed by atoms with van der Waals surface area (Å²) in [6, 6.07) is 7.11. The van der Waals surface area contributed by atoms with Gasteiger partial charge in [-0.1, -0.05) is 12.1 Å². The first-order valence-electron chi connectivity index (χ1n) is 11.7. The first-order valence-corrected chi connectivity index (χ1v) is 12.9. The zero-order valence-electron chi connectivity index (χ0n) is 18.7. The van der Waals surface area contributed by atoms with Crippen molar-refractivity contribution in [1.29, 1.82) is 0 Å². The number of anilines is 2. The van der Waals surface area contributed by atoms with E-state index in [0.717, 1.165) is 68.5 Å². The first-order chi connectivity index (χ1) is 16.7. The van der Waals surface area contributed by atoms with Crippen molar-refractivity contribution in [2.75, 3.05) is 61.1 Å². The molecule has 1 unspecified atom stereocenters. The van der Waals surface area contributed by atoms with Crippen molar-refractivity contribution in [3.63, 3.8) is 0 Å². The van der Waals surface area contributed by atoms with Gasteiger partial charge in [-0.15, -0.1) is 0 Å². The summed E-state index contributed by atoms with van der Waals surface area (Å²) in [7, 11) is 0. The fourth-order valence-electron chi connectivity index (χ4n) is 4.81. The highest BCUT2D eigenvalue weighted by Crippen LogP contribution is 2.32. The Morgan fingerprint density at radius 1 is 1.15 bits per heavy atom. The van der Waals surface area contributed by atoms with Gasteiger partial charge in [0.25, 0.3) is 6.43 Å². The van der Waals surface area contributed by atoms with Crippen molar-refractivity contribution in [1.82, 2.24) is 24.6 Å². The van der Waals surface area contributed by atoms with Crippen molar-refractivity contribution < 1.29 is 13.5 Å². The van der Waals surface area contributed by atoms with Crippen LogP contribution < -0.4 is 10.2 Å². The third kappa shape index (κ3) is 4.20. The first kappa shape index (κ1) is 22.0. The molecule has 34 heavy (non-hydrogen) atoms. The van der Waals surface area contributed by atoms with E-state index >= 15 is 0 Å². The SMILES string of the molecule is FC(F)c1cccc(-n2ncc3c(N4CC(N5CCOCC5)C4)nc(NC4CCSC4)nc32)c1. The third-order valence-electron chi connectivity index (χ3n) is 6.76. The van der Waals surface area contributed by atoms with Crippen LogP contribution in [0.25, 0.3) is 16.7 Å². The van der Waals surface area contributed by atoms with E-state index in [1.807, 2.05) is 11.8 Å². The second-order valence-electron chi connectivity index (χ2n) is 8.97. The number of hydrogen-bond acceptors (Lipinski definition) is 8. The second-order valence-corrected chi connectivity index (χ2v) is 10.1. The Labute approximate surface area is 200 Å². The summed E-state index contributed by atoms with van der Waals surface area (Å²) in [6.07, 6.45) is 0.277. The summed E-state index contributed by atoms with van der Waals surface area (Å²) < 4.78 is 33.8. The highest BCUT2D eigenvalue weighted by Gasteiger charge is 2.35. The summed E-state index contributed by atoms with van der Waals surface area (Å²) in [5, 5.41) is 8.85. The summed E-state index contributed by atoms with van der Waals surface area (Å²) in [5.41, 5.74) is 1.15. The second kappa shape index (κ2) is 9.27. The number of ether oxygens (including phenoxy) is 1. The van der Waals surface area contributed by atoms with Crippen LogP contribution in [-0.2, 0) is 4.74 Å². The standard InChI is InChI=1S/C23H27F2N7OS/c24-20(25)15-2-1-3-17(10-15)32-22-19(11-26-32)21(28-23(29-22)27-16-4-9-34-14-16)31-12-18(13-31)30-5-7-33-8-6-30/h1-3,10-11,16,18,20H,4-9,12-14H2,(H,27,28,29). The largest absolute Gasteiger partial charge is 0.379 e. The Balaban J connectivity index is 1.35. The van der Waals surface area contributed by atoms with Crippen LogP contribution in [0.1, 0.15) is 18.4 Å². The lowest BCUT2D eigenvalue weighted by molar-refractivity contribution is 0.0105. The maximum absolute atomic E-state index is 13.3. The predicted octanol–water partition coefficient (Wildman–Crippen LogP) is 3.19. The summed E-state index contributed by atoms with van der Waals surface area (Å²) in [6.45, 7) is 5.26. The van der Waals surface area contributed by atoms with E-state index in [-0.39, 0.29) is 5.56 Å². The predicted molar refractivity (Wildman–Crippen MR) is 129 cm³/mol. The lowest BCUT2D eigenvalue weighted by Gasteiger charge is -2.47. The van der Waals surface area contributed by atoms with E-state index in [9.17, 15) is 8.78 Å². The Hall–Kier alpha value is -2.50. The van der Waals surface area contributed by atoms with E-state index < -0.39 is 6.43 Å². The highest BCUT2D eigenvalue weighted by atomic mass is 32.2. The lowest BCUT2D eigenvalue weighted by atomic mass is 10.1. The van der Waals surface area contributed by atoms with Gasteiger partial charge < -0.3 is 15.0 Å². The fourth-order valence-corrected chi connectivity index (χ4v) is 5.97. The van der Waals surface area contributed by atoms with Crippen LogP contribution in [0.15, 0.2) is 30.5 Å². The number of fused-ring (bicyclic) bond motifs is 1. The zero-order chi connectivity index (χ0) is 23.1. The van der Waals surface area contributed by atoms with Gasteiger partial charge in [-0.2, -0.15) is 26.8 Å². The van der Waals surface area contributed by atoms with Gasteiger partial charge >= 0.3 is 0 Å². The fraction of sp³-hybridized carbons (Fsp3) is 0.522. The number of nitrogens with zero attached hydrogens (tertiary/aromatic N) is 6. The summed E-state index contributed by atoms with van der Waals surface area (Å²) in [4.78, 5) is 14.4. The molecule has 3 saturated heterocycles. The van der Waals surface area contributed by atoms with Crippen LogP contribution in [0.2, 0.25) is 0 Å². The monoisotopic (exact) mass is 487 g/mol. The van der Waals surface area contributed by atoms with Gasteiger partial charge in [0, 0.05) is 49.6 Å². The Morgan fingerprint density at radius 2 is 2.00 bits per heavy atom. The van der Waals surface area contributed by atoms with Gasteiger partial charge in [-0.3, -0.25) is 4.90 Å². The molecule has 0 spiro atoms. The molecule has 3 aliphatic rings. The van der Waals surface area contributed by atoms with Gasteiger partial charge in [0.15, 0.2) is 5.65 Å². The number of morpholine rings is 1. The molecule has 1 N–H and O–H groups in total. The number of thioether (sulfide) groups is 1. The third-order valence-corrected chi connectivity index (χ3v) is 7.92. The zero-order valence-corrected chi connectivity index (χ0v) is 19.6. The molecule has 11 heteroatoms. The number of benzene rings is 1. The molecule has 3 aromatic rings. The van der Waals surface area contributed by atoms with Gasteiger partial charge in [-0.05, 0) is 24.3 Å². The van der Waals surface area contributed by atoms with Crippen LogP contribution in [0, 0.1) is 0 Å². The number of halogens is 2. The molecule has 8 nitrogen and oxygen atoms in total. The molecule has 180 valence electrons. The van der Waals surface area contributed by atoms with E-state index in [2.05, 4.69) is 20.2 Å². The van der Waals surface area contributed by atoms with Gasteiger partial charge in [0.1, 0.15) is 5.82 Å². The average molecular weight is 488 g/mol. The highest BCUT2D eigenvalue weighted by molar-refractivity contribution is 7.99. The molecular weight excluding hydrogens is 460 g/mol. The van der Waals surface area contributed by atoms with E-state index in [1.165, 1.54) is 12.1 Å². The molecule has 0 saturated carbocycles. The summed E-state index contributed by atoms with van der Waals surface area (Å²) >= 11 is 1.92. The van der Waals surface area contributed by atoms with Crippen LogP contribution in [0.3, 0.4) is 0 Å². The average Bonchev–Trinajstić information content (AvgIpc) is 3.49. The Bertz CT molecular complexity index is 1160. The number of aromatic nitrogens is 4. The van der Waals surface area contributed by atoms with Crippen LogP contribution >= 0.6 is 11.8 Å². The molecule has 0 radical (unpaired) electrons. The van der Waals surface area contributed by atoms with Crippen LogP contribution in [-0.4, -0.2) is 87.6 Å². The number of alkyl halides is 2. The molecule has 2 aromatic heterocycles. The minimum atomic E-state index is -2.54. The molecule has 0 bridgehead atoms. The Kier molecular flexibility index (Phi) is 6.00. The van der Waals surface area contributed by atoms with E-state index in [0.29, 0.717) is 29.4 Å². The quantitative estimate of drug-likeness (QED) is 0.569. The molecule has 3 aliphatic heterocycles. The maximum atomic E-state index is 13.3. The van der Waals surface area contributed by atoms with Crippen molar-refractivity contribution in [2.45, 2.75) is 24.9 Å². The molecule has 1 aromatic carbocycles. The number of nitrogens with one attached hydrogen (secondary N) is 1. The van der Waals surface area contributed by atoms with E-state index in [1.54, 1.807) is 23.0 Å². The minimum Gasteiger partial charge on any atom is -0.379 e. The number of rotatable bonds is 6. The van der Waals surface area contributed by atoms with E-state index in [4.69, 9.17) is 14.7 Å². The molecule has 1 atom stereocenters. The molecule has 5 heterocycles. The van der Waals surface area contributed by atoms with Crippen molar-refractivity contribution >= 4 is 34.6 Å². The van der Waals surface area contributed by atoms with Gasteiger partial charge in [-0.25, -0.2) is 13.5 Å². The van der Waals surface area contributed by atoms with Crippen molar-refractivity contribution in [2.24, 2.45) is 0 Å². The lowest BCUT2D eigenvalue weighted by Crippen LogP contribution is -2.61. The number of hydrogen-bond donors (Lipinski definition) is 1. The smallest absolute Gasteiger partial charge is 0.263 e. The molecule has 0 amide bonds. The molecule has 3 fully saturated rings. The minimum absolute atomic E-state index is 0.0344. The van der Waals surface area contributed by atoms with Crippen LogP contribution in [0.4, 0.5) is 20.5 Å². The topological polar surface area (TPSA) is 71.3 Å².